The van der Waals surface area contributed by atoms with Crippen molar-refractivity contribution in [1.82, 2.24) is 20.1 Å². The quantitative estimate of drug-likeness (QED) is 0.641. The molecule has 5 rings (SSSR count). The molecule has 1 N–H and O–H groups in total. The molecule has 30 heavy (non-hydrogen) atoms. The lowest BCUT2D eigenvalue weighted by molar-refractivity contribution is 0.143. The lowest BCUT2D eigenvalue weighted by Gasteiger charge is -2.29. The van der Waals surface area contributed by atoms with Gasteiger partial charge in [0.05, 0.1) is 18.3 Å². The van der Waals surface area contributed by atoms with Crippen molar-refractivity contribution in [2.45, 2.75) is 50.8 Å². The van der Waals surface area contributed by atoms with Gasteiger partial charge in [0.1, 0.15) is 23.2 Å². The number of ether oxygens (including phenoxy) is 1. The molecule has 2 heterocycles. The molecule has 2 aromatic carbocycles. The Morgan fingerprint density at radius 1 is 0.967 bits per heavy atom. The van der Waals surface area contributed by atoms with E-state index in [9.17, 15) is 8.78 Å². The molecule has 0 amide bonds. The molecule has 8 heteroatoms. The summed E-state index contributed by atoms with van der Waals surface area (Å²) in [7, 11) is 0. The van der Waals surface area contributed by atoms with Gasteiger partial charge in [0.15, 0.2) is 5.82 Å². The number of hydrogen-bond acceptors (Lipinski definition) is 4. The first-order valence-electron chi connectivity index (χ1n) is 10.1. The number of nitrogens with one attached hydrogen (secondary N) is 1. The van der Waals surface area contributed by atoms with Crippen LogP contribution >= 0.6 is 11.6 Å². The van der Waals surface area contributed by atoms with E-state index >= 15 is 0 Å². The summed E-state index contributed by atoms with van der Waals surface area (Å²) in [5, 5.41) is 13.0. The SMILES string of the molecule is Fc1cc(F)cc(O[C@H]2CC[C@H](c3nnc4n3-c3ccc(Cl)cc3CNC4)CC2)c1. The summed E-state index contributed by atoms with van der Waals surface area (Å²) in [6.07, 6.45) is 3.25. The third kappa shape index (κ3) is 3.79. The van der Waals surface area contributed by atoms with Gasteiger partial charge >= 0.3 is 0 Å². The van der Waals surface area contributed by atoms with Crippen molar-refractivity contribution in [3.05, 3.63) is 70.3 Å². The first kappa shape index (κ1) is 19.5. The van der Waals surface area contributed by atoms with Gasteiger partial charge in [-0.2, -0.15) is 0 Å². The maximum atomic E-state index is 13.4. The molecule has 1 aliphatic carbocycles. The highest BCUT2D eigenvalue weighted by Crippen LogP contribution is 2.36. The minimum Gasteiger partial charge on any atom is -0.490 e. The highest BCUT2D eigenvalue weighted by molar-refractivity contribution is 6.30. The van der Waals surface area contributed by atoms with E-state index in [2.05, 4.69) is 20.1 Å². The first-order valence-corrected chi connectivity index (χ1v) is 10.5. The minimum absolute atomic E-state index is 0.0678. The van der Waals surface area contributed by atoms with Crippen LogP contribution in [-0.2, 0) is 13.1 Å². The Balaban J connectivity index is 1.34. The summed E-state index contributed by atoms with van der Waals surface area (Å²) < 4.78 is 34.8. The number of halogens is 3. The van der Waals surface area contributed by atoms with Crippen molar-refractivity contribution in [1.29, 1.82) is 0 Å². The molecular formula is C22H21ClF2N4O. The number of hydrogen-bond donors (Lipinski definition) is 1. The molecule has 0 unspecified atom stereocenters. The fraction of sp³-hybridized carbons (Fsp3) is 0.364. The molecule has 5 nitrogen and oxygen atoms in total. The van der Waals surface area contributed by atoms with E-state index in [0.717, 1.165) is 61.2 Å². The van der Waals surface area contributed by atoms with E-state index in [1.165, 1.54) is 12.1 Å². The Labute approximate surface area is 178 Å². The Morgan fingerprint density at radius 2 is 1.73 bits per heavy atom. The van der Waals surface area contributed by atoms with Crippen molar-refractivity contribution in [3.8, 4) is 11.4 Å². The predicted octanol–water partition coefficient (Wildman–Crippen LogP) is 4.91. The Bertz CT molecular complexity index is 1060. The van der Waals surface area contributed by atoms with Gasteiger partial charge in [0.2, 0.25) is 0 Å². The molecule has 3 aromatic rings. The van der Waals surface area contributed by atoms with E-state index in [1.54, 1.807) is 0 Å². The summed E-state index contributed by atoms with van der Waals surface area (Å²) in [5.74, 6) is 1.07. The zero-order chi connectivity index (χ0) is 20.7. The van der Waals surface area contributed by atoms with E-state index in [4.69, 9.17) is 16.3 Å². The zero-order valence-corrected chi connectivity index (χ0v) is 17.0. The topological polar surface area (TPSA) is 52.0 Å². The van der Waals surface area contributed by atoms with Crippen LogP contribution in [0.2, 0.25) is 5.02 Å². The fourth-order valence-electron chi connectivity index (χ4n) is 4.42. The smallest absolute Gasteiger partial charge is 0.151 e. The van der Waals surface area contributed by atoms with Gasteiger partial charge in [0.25, 0.3) is 0 Å². The summed E-state index contributed by atoms with van der Waals surface area (Å²) in [4.78, 5) is 0. The largest absolute Gasteiger partial charge is 0.490 e. The van der Waals surface area contributed by atoms with Crippen LogP contribution in [0.4, 0.5) is 8.78 Å². The summed E-state index contributed by atoms with van der Waals surface area (Å²) in [6, 6.07) is 9.19. The second-order valence-corrected chi connectivity index (χ2v) is 8.32. The Hall–Kier alpha value is -2.51. The van der Waals surface area contributed by atoms with Gasteiger partial charge in [-0.3, -0.25) is 4.57 Å². The molecule has 1 aromatic heterocycles. The van der Waals surface area contributed by atoms with Crippen molar-refractivity contribution in [2.75, 3.05) is 0 Å². The van der Waals surface area contributed by atoms with E-state index in [0.29, 0.717) is 11.6 Å². The van der Waals surface area contributed by atoms with Crippen LogP contribution in [0, 0.1) is 11.6 Å². The molecule has 1 fully saturated rings. The average molecular weight is 431 g/mol. The lowest BCUT2D eigenvalue weighted by atomic mass is 9.86. The zero-order valence-electron chi connectivity index (χ0n) is 16.2. The Morgan fingerprint density at radius 3 is 2.50 bits per heavy atom. The molecule has 1 aliphatic heterocycles. The monoisotopic (exact) mass is 430 g/mol. The third-order valence-electron chi connectivity index (χ3n) is 5.81. The van der Waals surface area contributed by atoms with Crippen molar-refractivity contribution < 1.29 is 13.5 Å². The second-order valence-electron chi connectivity index (χ2n) is 7.88. The van der Waals surface area contributed by atoms with Gasteiger partial charge in [-0.1, -0.05) is 11.6 Å². The molecular weight excluding hydrogens is 410 g/mol. The fourth-order valence-corrected chi connectivity index (χ4v) is 4.62. The maximum Gasteiger partial charge on any atom is 0.151 e. The number of fused-ring (bicyclic) bond motifs is 3. The highest BCUT2D eigenvalue weighted by Gasteiger charge is 2.30. The molecule has 0 radical (unpaired) electrons. The maximum absolute atomic E-state index is 13.4. The molecule has 2 aliphatic rings. The number of aromatic nitrogens is 3. The molecule has 0 bridgehead atoms. The van der Waals surface area contributed by atoms with E-state index < -0.39 is 11.6 Å². The molecule has 156 valence electrons. The number of nitrogens with zero attached hydrogens (tertiary/aromatic N) is 3. The van der Waals surface area contributed by atoms with Gasteiger partial charge < -0.3 is 10.1 Å². The van der Waals surface area contributed by atoms with Crippen LogP contribution in [0.1, 0.15) is 48.8 Å². The van der Waals surface area contributed by atoms with Crippen LogP contribution in [0.5, 0.6) is 5.75 Å². The van der Waals surface area contributed by atoms with Crippen LogP contribution in [-0.4, -0.2) is 20.9 Å². The summed E-state index contributed by atoms with van der Waals surface area (Å²) >= 11 is 6.19. The molecule has 0 atom stereocenters. The number of rotatable bonds is 3. The molecule has 0 saturated heterocycles. The van der Waals surface area contributed by atoms with Crippen molar-refractivity contribution >= 4 is 11.6 Å². The van der Waals surface area contributed by atoms with Gasteiger partial charge in [-0.25, -0.2) is 8.78 Å². The second kappa shape index (κ2) is 7.96. The highest BCUT2D eigenvalue weighted by atomic mass is 35.5. The summed E-state index contributed by atoms with van der Waals surface area (Å²) in [5.41, 5.74) is 2.18. The minimum atomic E-state index is -0.628. The molecule has 1 saturated carbocycles. The average Bonchev–Trinajstić information content (AvgIpc) is 3.03. The lowest BCUT2D eigenvalue weighted by Crippen LogP contribution is -2.25. The van der Waals surface area contributed by atoms with Crippen LogP contribution in [0.25, 0.3) is 5.69 Å². The normalized spacial score (nSPS) is 20.9. The van der Waals surface area contributed by atoms with Gasteiger partial charge in [0, 0.05) is 35.7 Å². The third-order valence-corrected chi connectivity index (χ3v) is 6.05. The van der Waals surface area contributed by atoms with Gasteiger partial charge in [-0.15, -0.1) is 10.2 Å². The van der Waals surface area contributed by atoms with E-state index in [1.807, 2.05) is 18.2 Å². The van der Waals surface area contributed by atoms with Crippen LogP contribution in [0.3, 0.4) is 0 Å². The first-order chi connectivity index (χ1) is 14.6. The number of benzene rings is 2. The van der Waals surface area contributed by atoms with Crippen LogP contribution < -0.4 is 10.1 Å². The van der Waals surface area contributed by atoms with E-state index in [-0.39, 0.29) is 17.8 Å². The standard InChI is InChI=1S/C22H21ClF2N4O/c23-15-3-6-20-14(7-15)11-26-12-21-27-28-22(29(20)21)13-1-4-18(5-2-13)30-19-9-16(24)8-17(25)10-19/h3,6-10,13,18,26H,1-2,4-5,11-12H2/t13-,18-. The Kier molecular flexibility index (Phi) is 5.16. The van der Waals surface area contributed by atoms with Crippen LogP contribution in [0.15, 0.2) is 36.4 Å². The van der Waals surface area contributed by atoms with Gasteiger partial charge in [-0.05, 0) is 49.4 Å². The predicted molar refractivity (Wildman–Crippen MR) is 109 cm³/mol. The van der Waals surface area contributed by atoms with Crippen molar-refractivity contribution in [3.63, 3.8) is 0 Å². The molecule has 0 spiro atoms. The van der Waals surface area contributed by atoms with Crippen molar-refractivity contribution in [2.24, 2.45) is 0 Å². The summed E-state index contributed by atoms with van der Waals surface area (Å²) in [6.45, 7) is 1.37.